The first-order chi connectivity index (χ1) is 8.74. The molecule has 1 saturated carbocycles. The van der Waals surface area contributed by atoms with Gasteiger partial charge in [-0.1, -0.05) is 57.7 Å². The predicted molar refractivity (Wildman–Crippen MR) is 76.7 cm³/mol. The van der Waals surface area contributed by atoms with Crippen LogP contribution in [-0.2, 0) is 12.8 Å². The van der Waals surface area contributed by atoms with Gasteiger partial charge in [0.05, 0.1) is 6.10 Å². The molecule has 1 aliphatic carbocycles. The van der Waals surface area contributed by atoms with Gasteiger partial charge in [0.2, 0.25) is 0 Å². The minimum Gasteiger partial charge on any atom is -0.388 e. The van der Waals surface area contributed by atoms with Crippen molar-refractivity contribution in [2.45, 2.75) is 64.9 Å². The molecule has 1 nitrogen and oxygen atoms in total. The van der Waals surface area contributed by atoms with Gasteiger partial charge in [-0.3, -0.25) is 0 Å². The van der Waals surface area contributed by atoms with E-state index in [9.17, 15) is 5.11 Å². The van der Waals surface area contributed by atoms with Crippen LogP contribution in [0.4, 0.5) is 0 Å². The van der Waals surface area contributed by atoms with E-state index in [1.54, 1.807) is 0 Å². The molecule has 100 valence electrons. The lowest BCUT2D eigenvalue weighted by Crippen LogP contribution is -2.05. The lowest BCUT2D eigenvalue weighted by atomic mass is 9.92. The second kappa shape index (κ2) is 6.38. The normalized spacial score (nSPS) is 18.2. The summed E-state index contributed by atoms with van der Waals surface area (Å²) >= 11 is 0. The Morgan fingerprint density at radius 1 is 1.11 bits per heavy atom. The van der Waals surface area contributed by atoms with Gasteiger partial charge in [-0.25, -0.2) is 0 Å². The van der Waals surface area contributed by atoms with Crippen LogP contribution in [0.3, 0.4) is 0 Å². The summed E-state index contributed by atoms with van der Waals surface area (Å²) in [6.07, 6.45) is 8.17. The van der Waals surface area contributed by atoms with Crippen molar-refractivity contribution in [2.75, 3.05) is 0 Å². The topological polar surface area (TPSA) is 20.2 Å². The Bertz CT molecular complexity index is 377. The van der Waals surface area contributed by atoms with Crippen LogP contribution in [0.1, 0.15) is 68.7 Å². The van der Waals surface area contributed by atoms with Gasteiger partial charge in [-0.2, -0.15) is 0 Å². The fourth-order valence-corrected chi connectivity index (χ4v) is 3.23. The van der Waals surface area contributed by atoms with Crippen LogP contribution in [0.15, 0.2) is 18.2 Å². The lowest BCUT2D eigenvalue weighted by molar-refractivity contribution is 0.145. The molecule has 0 saturated heterocycles. The molecule has 0 aliphatic heterocycles. The highest BCUT2D eigenvalue weighted by Gasteiger charge is 2.20. The van der Waals surface area contributed by atoms with Crippen LogP contribution in [0.25, 0.3) is 0 Å². The number of aliphatic hydroxyl groups excluding tert-OH is 1. The third-order valence-electron chi connectivity index (χ3n) is 4.41. The number of aliphatic hydroxyl groups is 1. The van der Waals surface area contributed by atoms with E-state index >= 15 is 0 Å². The summed E-state index contributed by atoms with van der Waals surface area (Å²) in [6, 6.07) is 6.54. The average Bonchev–Trinajstić information content (AvgIpc) is 2.90. The Morgan fingerprint density at radius 2 is 1.78 bits per heavy atom. The average molecular weight is 246 g/mol. The summed E-state index contributed by atoms with van der Waals surface area (Å²) in [5.41, 5.74) is 3.95. The number of rotatable bonds is 5. The summed E-state index contributed by atoms with van der Waals surface area (Å²) in [5, 5.41) is 10.4. The van der Waals surface area contributed by atoms with Crippen LogP contribution in [-0.4, -0.2) is 5.11 Å². The van der Waals surface area contributed by atoms with E-state index in [1.165, 1.54) is 36.8 Å². The molecular weight excluding hydrogens is 220 g/mol. The number of hydrogen-bond donors (Lipinski definition) is 1. The summed E-state index contributed by atoms with van der Waals surface area (Å²) in [7, 11) is 0. The zero-order valence-electron chi connectivity index (χ0n) is 11.8. The van der Waals surface area contributed by atoms with Crippen LogP contribution >= 0.6 is 0 Å². The Labute approximate surface area is 111 Å². The van der Waals surface area contributed by atoms with Gasteiger partial charge >= 0.3 is 0 Å². The molecule has 1 heteroatoms. The van der Waals surface area contributed by atoms with Crippen molar-refractivity contribution in [1.29, 1.82) is 0 Å². The maximum Gasteiger partial charge on any atom is 0.0792 e. The largest absolute Gasteiger partial charge is 0.388 e. The molecule has 1 fully saturated rings. The van der Waals surface area contributed by atoms with Gasteiger partial charge in [0, 0.05) is 0 Å². The van der Waals surface area contributed by atoms with Crippen LogP contribution < -0.4 is 0 Å². The molecule has 0 heterocycles. The van der Waals surface area contributed by atoms with E-state index in [0.29, 0.717) is 0 Å². The lowest BCUT2D eigenvalue weighted by Gasteiger charge is -2.17. The monoisotopic (exact) mass is 246 g/mol. The van der Waals surface area contributed by atoms with Gasteiger partial charge in [0.1, 0.15) is 0 Å². The van der Waals surface area contributed by atoms with Crippen molar-refractivity contribution in [3.63, 3.8) is 0 Å². The molecule has 1 unspecified atom stereocenters. The Kier molecular flexibility index (Phi) is 4.82. The molecule has 1 aliphatic rings. The molecule has 1 atom stereocenters. The van der Waals surface area contributed by atoms with Crippen molar-refractivity contribution >= 4 is 0 Å². The van der Waals surface area contributed by atoms with Crippen LogP contribution in [0.2, 0.25) is 0 Å². The Balaban J connectivity index is 2.06. The fourth-order valence-electron chi connectivity index (χ4n) is 3.23. The summed E-state index contributed by atoms with van der Waals surface area (Å²) in [4.78, 5) is 0. The molecule has 0 aromatic heterocycles. The molecule has 1 aromatic carbocycles. The standard InChI is InChI=1S/C17H26O/c1-3-14-9-10-16(12-15(14)4-2)17(18)11-13-7-5-6-8-13/h9-10,12-13,17-18H,3-8,11H2,1-2H3. The maximum atomic E-state index is 10.4. The molecule has 18 heavy (non-hydrogen) atoms. The summed E-state index contributed by atoms with van der Waals surface area (Å²) in [5.74, 6) is 0.746. The highest BCUT2D eigenvalue weighted by Crippen LogP contribution is 2.33. The second-order valence-corrected chi connectivity index (χ2v) is 5.64. The maximum absolute atomic E-state index is 10.4. The molecule has 0 radical (unpaired) electrons. The SMILES string of the molecule is CCc1ccc(C(O)CC2CCCC2)cc1CC. The number of hydrogen-bond acceptors (Lipinski definition) is 1. The van der Waals surface area contributed by atoms with Crippen molar-refractivity contribution in [3.05, 3.63) is 34.9 Å². The highest BCUT2D eigenvalue weighted by molar-refractivity contribution is 5.33. The smallest absolute Gasteiger partial charge is 0.0792 e. The summed E-state index contributed by atoms with van der Waals surface area (Å²) in [6.45, 7) is 4.39. The first-order valence-corrected chi connectivity index (χ1v) is 7.54. The zero-order chi connectivity index (χ0) is 13.0. The van der Waals surface area contributed by atoms with Crippen LogP contribution in [0.5, 0.6) is 0 Å². The van der Waals surface area contributed by atoms with E-state index in [1.807, 2.05) is 0 Å². The van der Waals surface area contributed by atoms with E-state index < -0.39 is 0 Å². The summed E-state index contributed by atoms with van der Waals surface area (Å²) < 4.78 is 0. The molecular formula is C17H26O. The zero-order valence-corrected chi connectivity index (χ0v) is 11.8. The van der Waals surface area contributed by atoms with E-state index in [0.717, 1.165) is 30.7 Å². The first kappa shape index (κ1) is 13.6. The number of aryl methyl sites for hydroxylation is 2. The van der Waals surface area contributed by atoms with Gasteiger partial charge in [-0.05, 0) is 41.9 Å². The van der Waals surface area contributed by atoms with Crippen molar-refractivity contribution in [2.24, 2.45) is 5.92 Å². The minimum absolute atomic E-state index is 0.260. The first-order valence-electron chi connectivity index (χ1n) is 7.54. The molecule has 1 N–H and O–H groups in total. The molecule has 2 rings (SSSR count). The van der Waals surface area contributed by atoms with E-state index in [4.69, 9.17) is 0 Å². The van der Waals surface area contributed by atoms with Crippen LogP contribution in [0, 0.1) is 5.92 Å². The van der Waals surface area contributed by atoms with Crippen molar-refractivity contribution in [1.82, 2.24) is 0 Å². The molecule has 0 spiro atoms. The van der Waals surface area contributed by atoms with E-state index in [-0.39, 0.29) is 6.10 Å². The van der Waals surface area contributed by atoms with Gasteiger partial charge in [0.25, 0.3) is 0 Å². The third kappa shape index (κ3) is 3.14. The molecule has 0 bridgehead atoms. The highest BCUT2D eigenvalue weighted by atomic mass is 16.3. The Hall–Kier alpha value is -0.820. The number of benzene rings is 1. The quantitative estimate of drug-likeness (QED) is 0.815. The van der Waals surface area contributed by atoms with Crippen molar-refractivity contribution in [3.8, 4) is 0 Å². The second-order valence-electron chi connectivity index (χ2n) is 5.64. The van der Waals surface area contributed by atoms with E-state index in [2.05, 4.69) is 32.0 Å². The molecule has 0 amide bonds. The van der Waals surface area contributed by atoms with Crippen molar-refractivity contribution < 1.29 is 5.11 Å². The Morgan fingerprint density at radius 3 is 2.39 bits per heavy atom. The van der Waals surface area contributed by atoms with Gasteiger partial charge < -0.3 is 5.11 Å². The fraction of sp³-hybridized carbons (Fsp3) is 0.647. The molecule has 1 aromatic rings. The van der Waals surface area contributed by atoms with Gasteiger partial charge in [-0.15, -0.1) is 0 Å². The predicted octanol–water partition coefficient (Wildman–Crippen LogP) is 4.43. The minimum atomic E-state index is -0.260. The van der Waals surface area contributed by atoms with Gasteiger partial charge in [0.15, 0.2) is 0 Å². The third-order valence-corrected chi connectivity index (χ3v) is 4.41.